The zero-order valence-corrected chi connectivity index (χ0v) is 12.6. The molecule has 1 aromatic carbocycles. The van der Waals surface area contributed by atoms with E-state index in [4.69, 9.17) is 4.74 Å². The minimum atomic E-state index is -3.29. The van der Waals surface area contributed by atoms with Crippen LogP contribution in [0.4, 0.5) is 11.4 Å². The third-order valence-electron chi connectivity index (χ3n) is 2.71. The van der Waals surface area contributed by atoms with Gasteiger partial charge >= 0.3 is 0 Å². The molecule has 0 fully saturated rings. The number of anilines is 2. The summed E-state index contributed by atoms with van der Waals surface area (Å²) in [6, 6.07) is 7.35. The Kier molecular flexibility index (Phi) is 5.62. The first kappa shape index (κ1) is 15.8. The number of rotatable bonds is 7. The maximum atomic E-state index is 11.3. The van der Waals surface area contributed by atoms with Gasteiger partial charge in [-0.1, -0.05) is 26.0 Å². The van der Waals surface area contributed by atoms with Crippen LogP contribution < -0.4 is 10.0 Å². The lowest BCUT2D eigenvalue weighted by molar-refractivity contribution is 0.171. The molecule has 0 aliphatic carbocycles. The average molecular weight is 286 g/mol. The summed E-state index contributed by atoms with van der Waals surface area (Å²) in [5.41, 5.74) is 1.30. The number of benzene rings is 1. The van der Waals surface area contributed by atoms with Crippen LogP contribution in [0.3, 0.4) is 0 Å². The zero-order chi connectivity index (χ0) is 14.5. The molecule has 5 nitrogen and oxygen atoms in total. The minimum absolute atomic E-state index is 0.118. The van der Waals surface area contributed by atoms with Gasteiger partial charge < -0.3 is 10.1 Å². The number of nitrogens with one attached hydrogen (secondary N) is 2. The van der Waals surface area contributed by atoms with Crippen molar-refractivity contribution in [3.8, 4) is 0 Å². The first-order valence-electron chi connectivity index (χ1n) is 6.15. The number of ether oxygens (including phenoxy) is 1. The highest BCUT2D eigenvalue weighted by molar-refractivity contribution is 7.92. The molecular weight excluding hydrogens is 264 g/mol. The quantitative estimate of drug-likeness (QED) is 0.806. The van der Waals surface area contributed by atoms with Crippen molar-refractivity contribution in [2.75, 3.05) is 30.0 Å². The van der Waals surface area contributed by atoms with Crippen molar-refractivity contribution in [1.29, 1.82) is 0 Å². The van der Waals surface area contributed by atoms with Gasteiger partial charge in [0.25, 0.3) is 0 Å². The second-order valence-electron chi connectivity index (χ2n) is 4.87. The molecule has 0 heterocycles. The van der Waals surface area contributed by atoms with E-state index in [0.29, 0.717) is 18.2 Å². The highest BCUT2D eigenvalue weighted by Gasteiger charge is 2.15. The third kappa shape index (κ3) is 5.48. The lowest BCUT2D eigenvalue weighted by Gasteiger charge is -2.24. The van der Waals surface area contributed by atoms with Crippen molar-refractivity contribution in [3.05, 3.63) is 24.3 Å². The van der Waals surface area contributed by atoms with Gasteiger partial charge in [0.1, 0.15) is 0 Å². The molecule has 6 heteroatoms. The number of methoxy groups -OCH3 is 1. The molecule has 0 saturated carbocycles. The van der Waals surface area contributed by atoms with Crippen molar-refractivity contribution in [2.24, 2.45) is 5.92 Å². The molecule has 0 aromatic heterocycles. The van der Waals surface area contributed by atoms with E-state index in [0.717, 1.165) is 11.9 Å². The smallest absolute Gasteiger partial charge is 0.229 e. The number of para-hydroxylation sites is 2. The normalized spacial score (nSPS) is 13.3. The summed E-state index contributed by atoms with van der Waals surface area (Å²) in [7, 11) is -1.64. The first-order chi connectivity index (χ1) is 8.83. The lowest BCUT2D eigenvalue weighted by atomic mass is 10.0. The topological polar surface area (TPSA) is 67.4 Å². The lowest BCUT2D eigenvalue weighted by Crippen LogP contribution is -2.30. The molecule has 1 rings (SSSR count). The van der Waals surface area contributed by atoms with Crippen LogP contribution >= 0.6 is 0 Å². The van der Waals surface area contributed by atoms with E-state index in [1.165, 1.54) is 0 Å². The predicted octanol–water partition coefficient (Wildman–Crippen LogP) is 2.14. The van der Waals surface area contributed by atoms with Crippen molar-refractivity contribution in [2.45, 2.75) is 19.9 Å². The fourth-order valence-electron chi connectivity index (χ4n) is 1.68. The fourth-order valence-corrected chi connectivity index (χ4v) is 2.26. The Morgan fingerprint density at radius 3 is 2.26 bits per heavy atom. The highest BCUT2D eigenvalue weighted by Crippen LogP contribution is 2.24. The Bertz CT molecular complexity index is 500. The van der Waals surface area contributed by atoms with Crippen LogP contribution in [0.2, 0.25) is 0 Å². The molecule has 0 aliphatic rings. The largest absolute Gasteiger partial charge is 0.383 e. The van der Waals surface area contributed by atoms with Crippen molar-refractivity contribution >= 4 is 21.4 Å². The number of sulfonamides is 1. The van der Waals surface area contributed by atoms with Gasteiger partial charge in [0, 0.05) is 7.11 Å². The van der Waals surface area contributed by atoms with Crippen molar-refractivity contribution < 1.29 is 13.2 Å². The molecule has 0 saturated heterocycles. The van der Waals surface area contributed by atoms with Gasteiger partial charge in [0.05, 0.1) is 30.3 Å². The predicted molar refractivity (Wildman–Crippen MR) is 79.0 cm³/mol. The van der Waals surface area contributed by atoms with Gasteiger partial charge in [-0.05, 0) is 18.1 Å². The van der Waals surface area contributed by atoms with Crippen LogP contribution in [0.5, 0.6) is 0 Å². The van der Waals surface area contributed by atoms with Crippen LogP contribution in [0, 0.1) is 5.92 Å². The second-order valence-corrected chi connectivity index (χ2v) is 6.62. The Hall–Kier alpha value is -1.27. The Morgan fingerprint density at radius 2 is 1.79 bits per heavy atom. The molecule has 1 aromatic rings. The Balaban J connectivity index is 2.93. The van der Waals surface area contributed by atoms with Gasteiger partial charge in [0.2, 0.25) is 10.0 Å². The third-order valence-corrected chi connectivity index (χ3v) is 3.30. The molecule has 0 aliphatic heterocycles. The van der Waals surface area contributed by atoms with Gasteiger partial charge in [0.15, 0.2) is 0 Å². The summed E-state index contributed by atoms with van der Waals surface area (Å²) in [5, 5.41) is 3.32. The molecule has 0 bridgehead atoms. The highest BCUT2D eigenvalue weighted by atomic mass is 32.2. The van der Waals surface area contributed by atoms with E-state index in [2.05, 4.69) is 23.9 Å². The first-order valence-corrected chi connectivity index (χ1v) is 8.05. The van der Waals surface area contributed by atoms with Crippen LogP contribution in [0.1, 0.15) is 13.8 Å². The summed E-state index contributed by atoms with van der Waals surface area (Å²) in [6.07, 6.45) is 1.14. The standard InChI is InChI=1S/C13H22N2O3S/c1-10(2)13(9-18-3)14-11-7-5-6-8-12(11)15-19(4,16)17/h5-8,10,13-15H,9H2,1-4H3. The maximum absolute atomic E-state index is 11.3. The van der Waals surface area contributed by atoms with E-state index in [9.17, 15) is 8.42 Å². The van der Waals surface area contributed by atoms with E-state index < -0.39 is 10.0 Å². The van der Waals surface area contributed by atoms with Gasteiger partial charge in [-0.15, -0.1) is 0 Å². The van der Waals surface area contributed by atoms with Crippen molar-refractivity contribution in [3.63, 3.8) is 0 Å². The molecule has 2 N–H and O–H groups in total. The molecule has 0 spiro atoms. The molecular formula is C13H22N2O3S. The molecule has 19 heavy (non-hydrogen) atoms. The average Bonchev–Trinajstić information content (AvgIpc) is 2.28. The minimum Gasteiger partial charge on any atom is -0.383 e. The maximum Gasteiger partial charge on any atom is 0.229 e. The van der Waals surface area contributed by atoms with Crippen LogP contribution in [0.15, 0.2) is 24.3 Å². The van der Waals surface area contributed by atoms with E-state index >= 15 is 0 Å². The van der Waals surface area contributed by atoms with Gasteiger partial charge in [-0.2, -0.15) is 0 Å². The monoisotopic (exact) mass is 286 g/mol. The summed E-state index contributed by atoms with van der Waals surface area (Å²) >= 11 is 0. The summed E-state index contributed by atoms with van der Waals surface area (Å²) in [6.45, 7) is 4.73. The van der Waals surface area contributed by atoms with E-state index in [1.54, 1.807) is 19.2 Å². The van der Waals surface area contributed by atoms with Gasteiger partial charge in [-0.3, -0.25) is 4.72 Å². The van der Waals surface area contributed by atoms with E-state index in [-0.39, 0.29) is 6.04 Å². The number of hydrogen-bond acceptors (Lipinski definition) is 4. The molecule has 108 valence electrons. The Labute approximate surface area is 115 Å². The molecule has 1 atom stereocenters. The number of hydrogen-bond donors (Lipinski definition) is 2. The molecule has 1 unspecified atom stereocenters. The summed E-state index contributed by atoms with van der Waals surface area (Å²) in [4.78, 5) is 0. The Morgan fingerprint density at radius 1 is 1.21 bits per heavy atom. The van der Waals surface area contributed by atoms with E-state index in [1.807, 2.05) is 12.1 Å². The van der Waals surface area contributed by atoms with Crippen LogP contribution in [0.25, 0.3) is 0 Å². The summed E-state index contributed by atoms with van der Waals surface area (Å²) in [5.74, 6) is 0.367. The molecule has 0 amide bonds. The zero-order valence-electron chi connectivity index (χ0n) is 11.8. The SMILES string of the molecule is COCC(Nc1ccccc1NS(C)(=O)=O)C(C)C. The van der Waals surface area contributed by atoms with Crippen LogP contribution in [-0.2, 0) is 14.8 Å². The fraction of sp³-hybridized carbons (Fsp3) is 0.538. The second kappa shape index (κ2) is 6.77. The van der Waals surface area contributed by atoms with Crippen LogP contribution in [-0.4, -0.2) is 34.4 Å². The van der Waals surface area contributed by atoms with Gasteiger partial charge in [-0.25, -0.2) is 8.42 Å². The summed E-state index contributed by atoms with van der Waals surface area (Å²) < 4.78 is 30.4. The van der Waals surface area contributed by atoms with Crippen molar-refractivity contribution in [1.82, 2.24) is 0 Å². The molecule has 0 radical (unpaired) electrons.